The highest BCUT2D eigenvalue weighted by atomic mass is 32.1. The summed E-state index contributed by atoms with van der Waals surface area (Å²) in [5.41, 5.74) is 7.50. The minimum absolute atomic E-state index is 0.225. The van der Waals surface area contributed by atoms with Crippen LogP contribution < -0.4 is 16.4 Å². The third-order valence-electron chi connectivity index (χ3n) is 4.17. The number of thiazole rings is 1. The van der Waals surface area contributed by atoms with E-state index in [0.29, 0.717) is 10.8 Å². The molecule has 146 valence electrons. The van der Waals surface area contributed by atoms with Crippen LogP contribution in [0.4, 0.5) is 9.52 Å². The zero-order valence-electron chi connectivity index (χ0n) is 15.2. The summed E-state index contributed by atoms with van der Waals surface area (Å²) < 4.78 is 13.2. The van der Waals surface area contributed by atoms with Crippen LogP contribution in [0.25, 0.3) is 0 Å². The van der Waals surface area contributed by atoms with Gasteiger partial charge in [0.1, 0.15) is 17.6 Å². The summed E-state index contributed by atoms with van der Waals surface area (Å²) in [7, 11) is 0. The quantitative estimate of drug-likeness (QED) is 0.486. The number of hydrogen-bond acceptors (Lipinski definition) is 5. The molecule has 5 N–H and O–H groups in total. The van der Waals surface area contributed by atoms with Crippen LogP contribution in [-0.2, 0) is 17.8 Å². The number of benzene rings is 1. The number of amides is 2. The summed E-state index contributed by atoms with van der Waals surface area (Å²) in [4.78, 5) is 32.9. The van der Waals surface area contributed by atoms with Crippen LogP contribution in [0, 0.1) is 12.7 Å². The molecule has 9 heteroatoms. The maximum atomic E-state index is 13.2. The minimum atomic E-state index is -0.828. The number of hydrogen-bond donors (Lipinski definition) is 4. The molecule has 3 rings (SSSR count). The molecule has 7 nitrogen and oxygen atoms in total. The van der Waals surface area contributed by atoms with Crippen LogP contribution in [0.15, 0.2) is 42.7 Å². The monoisotopic (exact) mass is 401 g/mol. The summed E-state index contributed by atoms with van der Waals surface area (Å²) in [6.45, 7) is 2.06. The van der Waals surface area contributed by atoms with Crippen molar-refractivity contribution in [2.45, 2.75) is 25.9 Å². The number of nitrogens with one attached hydrogen (secondary N) is 3. The van der Waals surface area contributed by atoms with Crippen LogP contribution in [0.5, 0.6) is 0 Å². The first-order chi connectivity index (χ1) is 13.4. The van der Waals surface area contributed by atoms with Crippen molar-refractivity contribution in [2.75, 3.05) is 5.73 Å². The molecule has 0 saturated heterocycles. The topological polar surface area (TPSA) is 113 Å². The first kappa shape index (κ1) is 19.6. The van der Waals surface area contributed by atoms with E-state index in [1.54, 1.807) is 37.5 Å². The molecular formula is C19H20FN5O2S. The molecular weight excluding hydrogens is 381 g/mol. The van der Waals surface area contributed by atoms with Crippen molar-refractivity contribution in [3.8, 4) is 0 Å². The Bertz CT molecular complexity index is 967. The van der Waals surface area contributed by atoms with Crippen molar-refractivity contribution in [3.63, 3.8) is 0 Å². The maximum absolute atomic E-state index is 13.2. The first-order valence-electron chi connectivity index (χ1n) is 8.59. The van der Waals surface area contributed by atoms with Gasteiger partial charge in [-0.15, -0.1) is 11.3 Å². The van der Waals surface area contributed by atoms with Gasteiger partial charge in [-0.1, -0.05) is 12.1 Å². The molecule has 0 radical (unpaired) electrons. The van der Waals surface area contributed by atoms with Crippen molar-refractivity contribution in [1.82, 2.24) is 20.6 Å². The normalized spacial score (nSPS) is 11.8. The molecule has 28 heavy (non-hydrogen) atoms. The van der Waals surface area contributed by atoms with E-state index in [-0.39, 0.29) is 30.6 Å². The van der Waals surface area contributed by atoms with Gasteiger partial charge < -0.3 is 21.4 Å². The molecule has 0 aliphatic rings. The number of H-pyrrole nitrogens is 1. The van der Waals surface area contributed by atoms with Gasteiger partial charge in [0.05, 0.1) is 6.54 Å². The first-order valence-corrected chi connectivity index (χ1v) is 9.41. The molecule has 2 heterocycles. The smallest absolute Gasteiger partial charge is 0.268 e. The van der Waals surface area contributed by atoms with E-state index < -0.39 is 6.04 Å². The number of aromatic nitrogens is 2. The number of halogens is 1. The van der Waals surface area contributed by atoms with E-state index in [9.17, 15) is 14.0 Å². The molecule has 2 amide bonds. The number of carbonyl (C=O) groups is 2. The van der Waals surface area contributed by atoms with Crippen molar-refractivity contribution >= 4 is 28.3 Å². The van der Waals surface area contributed by atoms with Gasteiger partial charge in [0.2, 0.25) is 5.91 Å². The zero-order valence-corrected chi connectivity index (χ0v) is 16.0. The Balaban J connectivity index is 1.72. The van der Waals surface area contributed by atoms with Crippen LogP contribution in [0.3, 0.4) is 0 Å². The van der Waals surface area contributed by atoms with Gasteiger partial charge >= 0.3 is 0 Å². The number of carbonyl (C=O) groups excluding carboxylic acids is 2. The van der Waals surface area contributed by atoms with Gasteiger partial charge in [0.25, 0.3) is 5.91 Å². The number of aromatic amines is 1. The Morgan fingerprint density at radius 3 is 2.64 bits per heavy atom. The lowest BCUT2D eigenvalue weighted by molar-refractivity contribution is -0.123. The van der Waals surface area contributed by atoms with E-state index in [2.05, 4.69) is 20.6 Å². The molecule has 0 aliphatic heterocycles. The molecule has 0 spiro atoms. The summed E-state index contributed by atoms with van der Waals surface area (Å²) >= 11 is 1.28. The third kappa shape index (κ3) is 4.95. The average molecular weight is 401 g/mol. The van der Waals surface area contributed by atoms with E-state index in [1.807, 2.05) is 0 Å². The van der Waals surface area contributed by atoms with E-state index in [1.165, 1.54) is 23.5 Å². The Kier molecular flexibility index (Phi) is 6.05. The van der Waals surface area contributed by atoms with Gasteiger partial charge in [-0.05, 0) is 36.2 Å². The fourth-order valence-electron chi connectivity index (χ4n) is 2.69. The number of anilines is 1. The molecule has 0 saturated carbocycles. The molecule has 1 atom stereocenters. The van der Waals surface area contributed by atoms with Crippen molar-refractivity contribution in [1.29, 1.82) is 0 Å². The second kappa shape index (κ2) is 8.66. The molecule has 0 unspecified atom stereocenters. The van der Waals surface area contributed by atoms with Crippen molar-refractivity contribution in [3.05, 3.63) is 70.2 Å². The average Bonchev–Trinajstić information content (AvgIpc) is 3.29. The number of nitrogen functional groups attached to an aromatic ring is 1. The Morgan fingerprint density at radius 2 is 2.04 bits per heavy atom. The van der Waals surface area contributed by atoms with Gasteiger partial charge in [0, 0.05) is 23.7 Å². The van der Waals surface area contributed by atoms with Crippen LogP contribution in [0.2, 0.25) is 0 Å². The van der Waals surface area contributed by atoms with E-state index in [0.717, 1.165) is 16.0 Å². The second-order valence-electron chi connectivity index (χ2n) is 6.27. The molecule has 1 aromatic carbocycles. The van der Waals surface area contributed by atoms with Crippen LogP contribution >= 0.6 is 11.3 Å². The Labute approximate surface area is 165 Å². The standard InChI is InChI=1S/C19H20FN5O2S/c1-11-6-7-22-16(11)18(27)25-15(8-12-2-4-13(20)5-3-12)17(26)23-9-14-10-24-19(21)28-14/h2-7,10,15,22H,8-9H2,1H3,(H2,21,24)(H,23,26)(H,25,27)/t15-/m0/s1. The maximum Gasteiger partial charge on any atom is 0.268 e. The Morgan fingerprint density at radius 1 is 1.29 bits per heavy atom. The zero-order chi connectivity index (χ0) is 20.1. The van der Waals surface area contributed by atoms with Gasteiger partial charge in [0.15, 0.2) is 5.13 Å². The highest BCUT2D eigenvalue weighted by molar-refractivity contribution is 7.15. The van der Waals surface area contributed by atoms with Crippen molar-refractivity contribution < 1.29 is 14.0 Å². The number of aryl methyl sites for hydroxylation is 1. The molecule has 0 fully saturated rings. The van der Waals surface area contributed by atoms with Gasteiger partial charge in [-0.2, -0.15) is 0 Å². The van der Waals surface area contributed by atoms with E-state index in [4.69, 9.17) is 5.73 Å². The summed E-state index contributed by atoms with van der Waals surface area (Å²) in [6, 6.07) is 6.77. The number of nitrogens with zero attached hydrogens (tertiary/aromatic N) is 1. The fourth-order valence-corrected chi connectivity index (χ4v) is 3.31. The largest absolute Gasteiger partial charge is 0.375 e. The predicted molar refractivity (Wildman–Crippen MR) is 105 cm³/mol. The molecule has 0 bridgehead atoms. The second-order valence-corrected chi connectivity index (χ2v) is 7.42. The summed E-state index contributed by atoms with van der Waals surface area (Å²) in [5.74, 6) is -1.10. The number of nitrogens with two attached hydrogens (primary N) is 1. The highest BCUT2D eigenvalue weighted by Crippen LogP contribution is 2.14. The predicted octanol–water partition coefficient (Wildman–Crippen LogP) is 2.16. The number of rotatable bonds is 7. The molecule has 2 aromatic heterocycles. The molecule has 0 aliphatic carbocycles. The SMILES string of the molecule is Cc1cc[nH]c1C(=O)N[C@@H](Cc1ccc(F)cc1)C(=O)NCc1cnc(N)s1. The highest BCUT2D eigenvalue weighted by Gasteiger charge is 2.23. The summed E-state index contributed by atoms with van der Waals surface area (Å²) in [6.07, 6.45) is 3.48. The summed E-state index contributed by atoms with van der Waals surface area (Å²) in [5, 5.41) is 5.96. The fraction of sp³-hybridized carbons (Fsp3) is 0.211. The third-order valence-corrected chi connectivity index (χ3v) is 4.99. The lowest BCUT2D eigenvalue weighted by atomic mass is 10.0. The van der Waals surface area contributed by atoms with E-state index >= 15 is 0 Å². The lowest BCUT2D eigenvalue weighted by Crippen LogP contribution is -2.48. The van der Waals surface area contributed by atoms with Crippen LogP contribution in [-0.4, -0.2) is 27.8 Å². The van der Waals surface area contributed by atoms with Gasteiger partial charge in [-0.3, -0.25) is 9.59 Å². The van der Waals surface area contributed by atoms with Crippen LogP contribution in [0.1, 0.15) is 26.5 Å². The van der Waals surface area contributed by atoms with Gasteiger partial charge in [-0.25, -0.2) is 9.37 Å². The van der Waals surface area contributed by atoms with Crippen molar-refractivity contribution in [2.24, 2.45) is 0 Å². The molecule has 3 aromatic rings. The lowest BCUT2D eigenvalue weighted by Gasteiger charge is -2.18. The minimum Gasteiger partial charge on any atom is -0.375 e. The Hall–Kier alpha value is -3.20.